The highest BCUT2D eigenvalue weighted by atomic mass is 32.1. The topological polar surface area (TPSA) is 0 Å². The van der Waals surface area contributed by atoms with Crippen LogP contribution in [0.4, 0.5) is 0 Å². The Bertz CT molecular complexity index is 142. The molecule has 1 aromatic heterocycles. The molecule has 0 aromatic carbocycles. The van der Waals surface area contributed by atoms with Gasteiger partial charge in [0.2, 0.25) is 0 Å². The van der Waals surface area contributed by atoms with Crippen molar-refractivity contribution in [2.75, 3.05) is 0 Å². The van der Waals surface area contributed by atoms with E-state index in [2.05, 4.69) is 31.0 Å². The first kappa shape index (κ1) is 6.17. The molecule has 0 aliphatic rings. The second kappa shape index (κ2) is 2.55. The normalized spacial score (nSPS) is 13.8. The summed E-state index contributed by atoms with van der Waals surface area (Å²) in [5, 5.41) is 2.47. The van der Waals surface area contributed by atoms with E-state index in [0.717, 1.165) is 0 Å². The van der Waals surface area contributed by atoms with Crippen LogP contribution in [0.2, 0.25) is 0 Å². The summed E-state index contributed by atoms with van der Waals surface area (Å²) in [6.45, 7) is 2.08. The van der Waals surface area contributed by atoms with Gasteiger partial charge in [0.05, 0.1) is 0 Å². The average molecular weight is 144 g/mol. The number of rotatable bonds is 1. The van der Waals surface area contributed by atoms with E-state index >= 15 is 0 Å². The molecule has 0 N–H and O–H groups in total. The van der Waals surface area contributed by atoms with Crippen molar-refractivity contribution in [3.63, 3.8) is 0 Å². The molecule has 8 heavy (non-hydrogen) atoms. The molecule has 0 aliphatic carbocycles. The average Bonchev–Trinajstić information content (AvgIpc) is 2.12. The predicted octanol–water partition coefficient (Wildman–Crippen LogP) is 2.74. The van der Waals surface area contributed by atoms with Gasteiger partial charge in [-0.25, -0.2) is 0 Å². The number of hydrogen-bond acceptors (Lipinski definition) is 2. The van der Waals surface area contributed by atoms with E-state index in [1.807, 2.05) is 6.07 Å². The number of thiophene rings is 1. The third-order valence-corrected chi connectivity index (χ3v) is 2.46. The molecule has 2 heteroatoms. The zero-order valence-electron chi connectivity index (χ0n) is 4.66. The SMILES string of the molecule is C[C@H](S)c1cccs1. The Morgan fingerprint density at radius 2 is 2.50 bits per heavy atom. The van der Waals surface area contributed by atoms with Crippen LogP contribution in [0.25, 0.3) is 0 Å². The van der Waals surface area contributed by atoms with Crippen molar-refractivity contribution in [1.29, 1.82) is 0 Å². The third kappa shape index (κ3) is 1.26. The monoisotopic (exact) mass is 144 g/mol. The summed E-state index contributed by atoms with van der Waals surface area (Å²) in [6.07, 6.45) is 0. The molecular weight excluding hydrogens is 136 g/mol. The lowest BCUT2D eigenvalue weighted by Crippen LogP contribution is -1.72. The highest BCUT2D eigenvalue weighted by Gasteiger charge is 1.96. The zero-order chi connectivity index (χ0) is 5.98. The van der Waals surface area contributed by atoms with Crippen LogP contribution < -0.4 is 0 Å². The summed E-state index contributed by atoms with van der Waals surface area (Å²) in [5.74, 6) is 0. The van der Waals surface area contributed by atoms with Crippen molar-refractivity contribution in [2.24, 2.45) is 0 Å². The standard InChI is InChI=1S/C6H8S2/c1-5(7)6-3-2-4-8-6/h2-5,7H,1H3/t5-/m0/s1. The third-order valence-electron chi connectivity index (χ3n) is 0.955. The molecule has 0 aliphatic heterocycles. The van der Waals surface area contributed by atoms with Crippen molar-refractivity contribution in [3.8, 4) is 0 Å². The van der Waals surface area contributed by atoms with Crippen LogP contribution in [0, 0.1) is 0 Å². The molecule has 0 nitrogen and oxygen atoms in total. The molecule has 0 amide bonds. The molecule has 0 saturated heterocycles. The second-order valence-corrected chi connectivity index (χ2v) is 3.45. The minimum absolute atomic E-state index is 0.398. The maximum Gasteiger partial charge on any atom is 0.0332 e. The summed E-state index contributed by atoms with van der Waals surface area (Å²) in [6, 6.07) is 4.15. The fraction of sp³-hybridized carbons (Fsp3) is 0.333. The van der Waals surface area contributed by atoms with E-state index < -0.39 is 0 Å². The molecule has 0 saturated carbocycles. The van der Waals surface area contributed by atoms with Gasteiger partial charge in [-0.1, -0.05) is 6.07 Å². The van der Waals surface area contributed by atoms with Crippen LogP contribution in [0.3, 0.4) is 0 Å². The Balaban J connectivity index is 2.77. The van der Waals surface area contributed by atoms with Gasteiger partial charge in [0.1, 0.15) is 0 Å². The predicted molar refractivity (Wildman–Crippen MR) is 41.7 cm³/mol. The first-order valence-electron chi connectivity index (χ1n) is 2.52. The van der Waals surface area contributed by atoms with Crippen molar-refractivity contribution < 1.29 is 0 Å². The van der Waals surface area contributed by atoms with Crippen molar-refractivity contribution in [2.45, 2.75) is 12.2 Å². The maximum atomic E-state index is 4.26. The van der Waals surface area contributed by atoms with Gasteiger partial charge in [-0.05, 0) is 18.4 Å². The summed E-state index contributed by atoms with van der Waals surface area (Å²) in [4.78, 5) is 1.34. The van der Waals surface area contributed by atoms with E-state index in [4.69, 9.17) is 0 Å². The fourth-order valence-corrected chi connectivity index (χ4v) is 1.47. The Labute approximate surface area is 59.0 Å². The molecule has 0 spiro atoms. The molecule has 1 atom stereocenters. The fourth-order valence-electron chi connectivity index (χ4n) is 0.529. The van der Waals surface area contributed by atoms with Crippen LogP contribution in [0.5, 0.6) is 0 Å². The Morgan fingerprint density at radius 3 is 2.75 bits per heavy atom. The van der Waals surface area contributed by atoms with E-state index in [1.54, 1.807) is 11.3 Å². The lowest BCUT2D eigenvalue weighted by Gasteiger charge is -1.94. The van der Waals surface area contributed by atoms with Crippen LogP contribution in [-0.2, 0) is 0 Å². The van der Waals surface area contributed by atoms with Gasteiger partial charge in [-0.15, -0.1) is 11.3 Å². The molecule has 0 bridgehead atoms. The highest BCUT2D eigenvalue weighted by Crippen LogP contribution is 2.22. The van der Waals surface area contributed by atoms with Gasteiger partial charge in [0.25, 0.3) is 0 Å². The minimum Gasteiger partial charge on any atom is -0.171 e. The van der Waals surface area contributed by atoms with Crippen LogP contribution in [-0.4, -0.2) is 0 Å². The second-order valence-electron chi connectivity index (χ2n) is 1.69. The molecule has 0 unspecified atom stereocenters. The minimum atomic E-state index is 0.398. The van der Waals surface area contributed by atoms with Crippen LogP contribution in [0.15, 0.2) is 17.5 Å². The summed E-state index contributed by atoms with van der Waals surface area (Å²) >= 11 is 6.02. The van der Waals surface area contributed by atoms with Crippen LogP contribution >= 0.6 is 24.0 Å². The number of hydrogen-bond donors (Lipinski definition) is 1. The lowest BCUT2D eigenvalue weighted by atomic mass is 10.4. The molecule has 1 rings (SSSR count). The smallest absolute Gasteiger partial charge is 0.0332 e. The lowest BCUT2D eigenvalue weighted by molar-refractivity contribution is 1.15. The first-order chi connectivity index (χ1) is 3.80. The van der Waals surface area contributed by atoms with Gasteiger partial charge >= 0.3 is 0 Å². The van der Waals surface area contributed by atoms with Crippen molar-refractivity contribution in [3.05, 3.63) is 22.4 Å². The Morgan fingerprint density at radius 1 is 1.75 bits per heavy atom. The van der Waals surface area contributed by atoms with Crippen molar-refractivity contribution in [1.82, 2.24) is 0 Å². The molecular formula is C6H8S2. The molecule has 1 heterocycles. The van der Waals surface area contributed by atoms with Gasteiger partial charge in [-0.2, -0.15) is 12.6 Å². The Kier molecular flexibility index (Phi) is 1.97. The van der Waals surface area contributed by atoms with E-state index in [0.29, 0.717) is 5.25 Å². The first-order valence-corrected chi connectivity index (χ1v) is 3.92. The van der Waals surface area contributed by atoms with Gasteiger partial charge in [0.15, 0.2) is 0 Å². The van der Waals surface area contributed by atoms with E-state index in [1.165, 1.54) is 4.88 Å². The van der Waals surface area contributed by atoms with E-state index in [9.17, 15) is 0 Å². The molecule has 0 fully saturated rings. The van der Waals surface area contributed by atoms with Gasteiger partial charge in [0, 0.05) is 10.1 Å². The van der Waals surface area contributed by atoms with Gasteiger partial charge in [-0.3, -0.25) is 0 Å². The zero-order valence-corrected chi connectivity index (χ0v) is 6.38. The quantitative estimate of drug-likeness (QED) is 0.576. The number of thiol groups is 1. The van der Waals surface area contributed by atoms with E-state index in [-0.39, 0.29) is 0 Å². The highest BCUT2D eigenvalue weighted by molar-refractivity contribution is 7.80. The summed E-state index contributed by atoms with van der Waals surface area (Å²) in [5.41, 5.74) is 0. The summed E-state index contributed by atoms with van der Waals surface area (Å²) in [7, 11) is 0. The largest absolute Gasteiger partial charge is 0.171 e. The van der Waals surface area contributed by atoms with Crippen LogP contribution in [0.1, 0.15) is 17.1 Å². The summed E-state index contributed by atoms with van der Waals surface area (Å²) < 4.78 is 0. The molecule has 44 valence electrons. The molecule has 1 aromatic rings. The van der Waals surface area contributed by atoms with Gasteiger partial charge < -0.3 is 0 Å². The maximum absolute atomic E-state index is 4.26. The Hall–Kier alpha value is 0.0500. The van der Waals surface area contributed by atoms with Crippen molar-refractivity contribution >= 4 is 24.0 Å². The molecule has 0 radical (unpaired) electrons.